The second-order valence-corrected chi connectivity index (χ2v) is 20.0. The SMILES string of the molecule is CO[C@@H](CC1CCC[C@](O)(C(=O)C(=O)N2CCCCC2)O1)/C(C)=C/C=C/C=C/[C@@H](C)C[C@@H](C)C(=O)C[C@H](O)/C(C)=C/[C@@H](C)C(=O)C[C@@H](CC[C@H]1CC[C@H](OC(=S)Oc2ccc([N+](=O)[O-])cc2)CC1)OC=O. The maximum absolute atomic E-state index is 13.3. The Hall–Kier alpha value is -4.94. The van der Waals surface area contributed by atoms with Crippen molar-refractivity contribution in [1.82, 2.24) is 4.90 Å². The van der Waals surface area contributed by atoms with Gasteiger partial charge >= 0.3 is 5.24 Å². The van der Waals surface area contributed by atoms with Gasteiger partial charge in [0.1, 0.15) is 29.5 Å². The lowest BCUT2D eigenvalue weighted by atomic mass is 9.83. The number of nitro benzene ring substituents is 1. The number of hydrogen-bond donors (Lipinski definition) is 2. The van der Waals surface area contributed by atoms with Gasteiger partial charge in [-0.25, -0.2) is 0 Å². The highest BCUT2D eigenvalue weighted by Gasteiger charge is 2.47. The van der Waals surface area contributed by atoms with E-state index in [1.54, 1.807) is 27.0 Å². The van der Waals surface area contributed by atoms with Crippen LogP contribution in [0.25, 0.3) is 0 Å². The molecule has 16 nitrogen and oxygen atoms in total. The van der Waals surface area contributed by atoms with E-state index in [9.17, 15) is 44.3 Å². The quantitative estimate of drug-likeness (QED) is 0.0160. The zero-order valence-electron chi connectivity index (χ0n) is 42.4. The molecule has 0 bridgehead atoms. The van der Waals surface area contributed by atoms with Gasteiger partial charge in [0.05, 0.1) is 23.2 Å². The molecule has 2 aliphatic heterocycles. The number of aliphatic hydroxyl groups excluding tert-OH is 1. The Morgan fingerprint density at radius 1 is 0.944 bits per heavy atom. The van der Waals surface area contributed by atoms with Crippen molar-refractivity contribution in [2.24, 2.45) is 23.7 Å². The summed E-state index contributed by atoms with van der Waals surface area (Å²) < 4.78 is 28.3. The Morgan fingerprint density at radius 3 is 2.28 bits per heavy atom. The number of amides is 1. The lowest BCUT2D eigenvalue weighted by Crippen LogP contribution is -2.55. The van der Waals surface area contributed by atoms with E-state index in [0.717, 1.165) is 56.9 Å². The summed E-state index contributed by atoms with van der Waals surface area (Å²) in [5.41, 5.74) is 1.39. The molecule has 8 atom stereocenters. The molecule has 1 unspecified atom stereocenters. The molecule has 0 radical (unpaired) electrons. The van der Waals surface area contributed by atoms with Crippen molar-refractivity contribution in [3.63, 3.8) is 0 Å². The van der Waals surface area contributed by atoms with E-state index in [1.165, 1.54) is 29.2 Å². The third-order valence-electron chi connectivity index (χ3n) is 14.0. The van der Waals surface area contributed by atoms with Crippen LogP contribution in [0.4, 0.5) is 5.69 Å². The van der Waals surface area contributed by atoms with Crippen molar-refractivity contribution in [1.29, 1.82) is 0 Å². The molecule has 71 heavy (non-hydrogen) atoms. The summed E-state index contributed by atoms with van der Waals surface area (Å²) in [4.78, 5) is 75.7. The third kappa shape index (κ3) is 19.5. The number of methoxy groups -OCH3 is 1. The van der Waals surface area contributed by atoms with Crippen LogP contribution in [-0.4, -0.2) is 112 Å². The highest BCUT2D eigenvalue weighted by molar-refractivity contribution is 7.79. The highest BCUT2D eigenvalue weighted by Crippen LogP contribution is 2.33. The van der Waals surface area contributed by atoms with Gasteiger partial charge in [-0.15, -0.1) is 0 Å². The number of allylic oxidation sites excluding steroid dienone is 6. The number of thiocarbonyl (C=S) groups is 1. The normalized spacial score (nSPS) is 23.8. The molecule has 1 aliphatic carbocycles. The largest absolute Gasteiger partial charge is 0.464 e. The van der Waals surface area contributed by atoms with Gasteiger partial charge in [0.25, 0.3) is 23.9 Å². The van der Waals surface area contributed by atoms with Crippen molar-refractivity contribution in [2.75, 3.05) is 20.2 Å². The zero-order valence-corrected chi connectivity index (χ0v) is 43.2. The number of nitro groups is 1. The topological polar surface area (TPSA) is 218 Å². The average Bonchev–Trinajstić information content (AvgIpc) is 3.34. The lowest BCUT2D eigenvalue weighted by Gasteiger charge is -2.38. The van der Waals surface area contributed by atoms with E-state index in [0.29, 0.717) is 68.9 Å². The van der Waals surface area contributed by atoms with E-state index in [1.807, 2.05) is 51.2 Å². The molecular formula is C54H76N2O14S. The number of rotatable bonds is 27. The van der Waals surface area contributed by atoms with Crippen LogP contribution in [0.3, 0.4) is 0 Å². The number of ketones is 3. The summed E-state index contributed by atoms with van der Waals surface area (Å²) in [5.74, 6) is -4.04. The number of non-ortho nitro benzene ring substituents is 1. The zero-order chi connectivity index (χ0) is 52.1. The molecule has 17 heteroatoms. The first-order valence-corrected chi connectivity index (χ1v) is 25.6. The lowest BCUT2D eigenvalue weighted by molar-refractivity contribution is -0.384. The van der Waals surface area contributed by atoms with Crippen LogP contribution in [0.15, 0.2) is 71.9 Å². The Labute approximate surface area is 424 Å². The number of hydrogen-bond acceptors (Lipinski definition) is 15. The number of carbonyl (C=O) groups excluding carboxylic acids is 5. The second kappa shape index (κ2) is 29.5. The molecule has 2 heterocycles. The molecule has 2 saturated heterocycles. The molecule has 4 rings (SSSR count). The van der Waals surface area contributed by atoms with Crippen LogP contribution in [0, 0.1) is 33.8 Å². The molecular weight excluding hydrogens is 933 g/mol. The number of aliphatic hydroxyl groups is 2. The Morgan fingerprint density at radius 2 is 1.63 bits per heavy atom. The van der Waals surface area contributed by atoms with Crippen LogP contribution < -0.4 is 4.74 Å². The number of likely N-dealkylation sites (tertiary alicyclic amines) is 1. The summed E-state index contributed by atoms with van der Waals surface area (Å²) in [6.07, 6.45) is 18.1. The molecule has 1 amide bonds. The van der Waals surface area contributed by atoms with E-state index in [2.05, 4.69) is 0 Å². The van der Waals surface area contributed by atoms with Gasteiger partial charge in [-0.1, -0.05) is 57.2 Å². The minimum absolute atomic E-state index is 0.0303. The van der Waals surface area contributed by atoms with E-state index < -0.39 is 46.6 Å². The number of nitrogens with zero attached hydrogens (tertiary/aromatic N) is 2. The number of ether oxygens (including phenoxy) is 5. The first-order valence-electron chi connectivity index (χ1n) is 25.2. The predicted octanol–water partition coefficient (Wildman–Crippen LogP) is 8.98. The fourth-order valence-electron chi connectivity index (χ4n) is 9.52. The standard InChI is InChI=1S/C54H76N2O14S/c1-36(14-9-7-10-15-37(2)50(66-6)33-46-16-13-27-54(63,70-46)51(61)52(62)55-28-11-8-12-29-55)30-38(3)48(59)34-49(60)40(5)31-39(4)47(58)32-45(67-35-57)24-19-41-17-22-43(23-18-41)68-53(71)69-44-25-20-42(21-26-44)56(64)65/h7,9-10,14-15,20-21,25-26,31,35-36,38-39,41,43,45-46,49-50,60,63H,8,11-13,16-19,22-24,27-30,32-34H2,1-6H3/b10-7+,14-9+,37-15+,40-31+/t36-,38-,39-,41-,43-,45-,46?,49+,50+,54-/m1/s1. The Kier molecular flexibility index (Phi) is 24.4. The molecule has 0 aromatic heterocycles. The minimum atomic E-state index is -2.13. The van der Waals surface area contributed by atoms with E-state index in [-0.39, 0.29) is 65.8 Å². The van der Waals surface area contributed by atoms with Gasteiger partial charge < -0.3 is 38.8 Å². The van der Waals surface area contributed by atoms with Crippen molar-refractivity contribution in [3.05, 3.63) is 82.0 Å². The highest BCUT2D eigenvalue weighted by atomic mass is 32.1. The molecule has 3 fully saturated rings. The van der Waals surface area contributed by atoms with Crippen LogP contribution in [0.5, 0.6) is 5.75 Å². The smallest absolute Gasteiger partial charge is 0.358 e. The number of benzene rings is 1. The summed E-state index contributed by atoms with van der Waals surface area (Å²) in [7, 11) is 1.60. The molecule has 1 aromatic rings. The summed E-state index contributed by atoms with van der Waals surface area (Å²) in [6, 6.07) is 5.57. The first-order chi connectivity index (χ1) is 33.8. The van der Waals surface area contributed by atoms with Crippen LogP contribution >= 0.6 is 12.2 Å². The molecule has 0 spiro atoms. The van der Waals surface area contributed by atoms with Crippen molar-refractivity contribution in [2.45, 2.75) is 174 Å². The van der Waals surface area contributed by atoms with Gasteiger partial charge in [-0.2, -0.15) is 0 Å². The van der Waals surface area contributed by atoms with Crippen LogP contribution in [0.1, 0.15) is 137 Å². The van der Waals surface area contributed by atoms with Crippen molar-refractivity contribution >= 4 is 52.9 Å². The molecule has 392 valence electrons. The Balaban J connectivity index is 1.14. The molecule has 1 saturated carbocycles. The third-order valence-corrected chi connectivity index (χ3v) is 14.2. The van der Waals surface area contributed by atoms with Gasteiger partial charge in [-0.3, -0.25) is 34.1 Å². The first kappa shape index (κ1) is 58.6. The van der Waals surface area contributed by atoms with Crippen molar-refractivity contribution < 1.29 is 62.8 Å². The van der Waals surface area contributed by atoms with Crippen molar-refractivity contribution in [3.8, 4) is 5.75 Å². The number of Topliss-reactive ketones (excluding diaryl/α,β-unsaturated/α-hetero) is 3. The fourth-order valence-corrected chi connectivity index (χ4v) is 9.75. The molecule has 3 aliphatic rings. The summed E-state index contributed by atoms with van der Waals surface area (Å²) >= 11 is 5.24. The predicted molar refractivity (Wildman–Crippen MR) is 271 cm³/mol. The van der Waals surface area contributed by atoms with Gasteiger partial charge in [-0.05, 0) is 126 Å². The van der Waals surface area contributed by atoms with Gasteiger partial charge in [0.15, 0.2) is 0 Å². The van der Waals surface area contributed by atoms with Crippen LogP contribution in [0.2, 0.25) is 0 Å². The number of piperidine rings is 1. The maximum Gasteiger partial charge on any atom is 0.358 e. The molecule has 2 N–H and O–H groups in total. The second-order valence-electron chi connectivity index (χ2n) is 19.7. The Bertz CT molecular complexity index is 2070. The maximum atomic E-state index is 13.3. The van der Waals surface area contributed by atoms with E-state index in [4.69, 9.17) is 35.9 Å². The number of carbonyl (C=O) groups is 5. The average molecular weight is 1010 g/mol. The summed E-state index contributed by atoms with van der Waals surface area (Å²) in [6.45, 7) is 10.6. The van der Waals surface area contributed by atoms with Gasteiger partial charge in [0, 0.05) is 82.1 Å². The summed E-state index contributed by atoms with van der Waals surface area (Å²) in [5, 5.41) is 32.9. The molecule has 1 aromatic carbocycles. The minimum Gasteiger partial charge on any atom is -0.464 e. The van der Waals surface area contributed by atoms with E-state index >= 15 is 0 Å². The fraction of sp³-hybridized carbons (Fsp3) is 0.630. The monoisotopic (exact) mass is 1010 g/mol. The van der Waals surface area contributed by atoms with Gasteiger partial charge in [0.2, 0.25) is 5.79 Å². The van der Waals surface area contributed by atoms with Crippen LogP contribution in [-0.2, 0) is 42.9 Å².